The second kappa shape index (κ2) is 7.47. The molecule has 0 saturated carbocycles. The van der Waals surface area contributed by atoms with Gasteiger partial charge in [0.05, 0.1) is 19.4 Å². The average molecular weight is 352 g/mol. The molecule has 4 rings (SSSR count). The monoisotopic (exact) mass is 352 g/mol. The molecule has 0 aromatic carbocycles. The minimum Gasteiger partial charge on any atom is -0.380 e. The van der Waals surface area contributed by atoms with Crippen LogP contribution in [0.1, 0.15) is 22.6 Å². The molecule has 0 unspecified atom stereocenters. The van der Waals surface area contributed by atoms with Crippen LogP contribution in [0.2, 0.25) is 0 Å². The molecule has 26 heavy (non-hydrogen) atoms. The van der Waals surface area contributed by atoms with Crippen LogP contribution in [0.15, 0.2) is 30.9 Å². The van der Waals surface area contributed by atoms with E-state index in [1.807, 2.05) is 23.7 Å². The molecule has 1 atom stereocenters. The smallest absolute Gasteiger partial charge is 0.159 e. The maximum Gasteiger partial charge on any atom is 0.159 e. The highest BCUT2D eigenvalue weighted by Crippen LogP contribution is 2.18. The van der Waals surface area contributed by atoms with E-state index < -0.39 is 0 Å². The normalized spacial score (nSPS) is 18.9. The Bertz CT molecular complexity index is 878. The SMILES string of the molecule is Cc1cc(C)n2ncc(CN3CCOC[C@H](Cc4ccncn4)C3)c2n1. The van der Waals surface area contributed by atoms with Crippen molar-refractivity contribution in [2.75, 3.05) is 26.3 Å². The summed E-state index contributed by atoms with van der Waals surface area (Å²) in [6.45, 7) is 8.35. The summed E-state index contributed by atoms with van der Waals surface area (Å²) in [4.78, 5) is 15.5. The van der Waals surface area contributed by atoms with Crippen molar-refractivity contribution in [1.29, 1.82) is 0 Å². The molecule has 7 heteroatoms. The zero-order valence-electron chi connectivity index (χ0n) is 15.3. The molecule has 1 saturated heterocycles. The lowest BCUT2D eigenvalue weighted by Crippen LogP contribution is -2.30. The molecule has 1 aliphatic rings. The highest BCUT2D eigenvalue weighted by atomic mass is 16.5. The Morgan fingerprint density at radius 1 is 1.31 bits per heavy atom. The first kappa shape index (κ1) is 17.1. The van der Waals surface area contributed by atoms with Gasteiger partial charge in [0.2, 0.25) is 0 Å². The molecule has 1 fully saturated rings. The minimum atomic E-state index is 0.422. The molecule has 0 radical (unpaired) electrons. The molecule has 0 amide bonds. The van der Waals surface area contributed by atoms with E-state index in [0.29, 0.717) is 5.92 Å². The Morgan fingerprint density at radius 2 is 2.23 bits per heavy atom. The number of hydrogen-bond donors (Lipinski definition) is 0. The van der Waals surface area contributed by atoms with Crippen LogP contribution in [-0.4, -0.2) is 55.8 Å². The van der Waals surface area contributed by atoms with E-state index in [4.69, 9.17) is 9.72 Å². The minimum absolute atomic E-state index is 0.422. The fourth-order valence-electron chi connectivity index (χ4n) is 3.62. The van der Waals surface area contributed by atoms with Crippen LogP contribution in [-0.2, 0) is 17.7 Å². The maximum absolute atomic E-state index is 5.83. The van der Waals surface area contributed by atoms with Gasteiger partial charge in [-0.2, -0.15) is 5.10 Å². The van der Waals surface area contributed by atoms with Gasteiger partial charge in [0.25, 0.3) is 0 Å². The van der Waals surface area contributed by atoms with E-state index in [0.717, 1.165) is 62.0 Å². The van der Waals surface area contributed by atoms with E-state index >= 15 is 0 Å². The molecular weight excluding hydrogens is 328 g/mol. The van der Waals surface area contributed by atoms with Crippen molar-refractivity contribution in [3.05, 3.63) is 53.5 Å². The van der Waals surface area contributed by atoms with Crippen LogP contribution in [0.5, 0.6) is 0 Å². The van der Waals surface area contributed by atoms with Crippen molar-refractivity contribution in [3.63, 3.8) is 0 Å². The zero-order chi connectivity index (χ0) is 17.9. The van der Waals surface area contributed by atoms with Crippen molar-refractivity contribution in [2.45, 2.75) is 26.8 Å². The van der Waals surface area contributed by atoms with Gasteiger partial charge in [-0.1, -0.05) is 0 Å². The summed E-state index contributed by atoms with van der Waals surface area (Å²) >= 11 is 0. The summed E-state index contributed by atoms with van der Waals surface area (Å²) in [5.41, 5.74) is 5.33. The van der Waals surface area contributed by atoms with E-state index in [9.17, 15) is 0 Å². The van der Waals surface area contributed by atoms with Gasteiger partial charge in [0.15, 0.2) is 5.65 Å². The second-order valence-corrected chi connectivity index (χ2v) is 7.03. The topological polar surface area (TPSA) is 68.4 Å². The number of aromatic nitrogens is 5. The van der Waals surface area contributed by atoms with Gasteiger partial charge in [-0.15, -0.1) is 0 Å². The molecule has 0 bridgehead atoms. The zero-order valence-corrected chi connectivity index (χ0v) is 15.3. The molecule has 7 nitrogen and oxygen atoms in total. The number of nitrogens with zero attached hydrogens (tertiary/aromatic N) is 6. The lowest BCUT2D eigenvalue weighted by molar-refractivity contribution is 0.121. The van der Waals surface area contributed by atoms with Gasteiger partial charge in [0, 0.05) is 54.4 Å². The van der Waals surface area contributed by atoms with Crippen molar-refractivity contribution in [1.82, 2.24) is 29.5 Å². The average Bonchev–Trinajstić information content (AvgIpc) is 2.88. The highest BCUT2D eigenvalue weighted by Gasteiger charge is 2.21. The van der Waals surface area contributed by atoms with Crippen LogP contribution in [0.4, 0.5) is 0 Å². The van der Waals surface area contributed by atoms with Crippen molar-refractivity contribution >= 4 is 5.65 Å². The van der Waals surface area contributed by atoms with Crippen LogP contribution in [0.25, 0.3) is 5.65 Å². The third-order valence-electron chi connectivity index (χ3n) is 4.81. The standard InChI is InChI=1S/C19H24N6O/c1-14-7-15(2)25-19(23-14)17(9-22-25)11-24-5-6-26-12-16(10-24)8-18-3-4-20-13-21-18/h3-4,7,9,13,16H,5-6,8,10-12H2,1-2H3/t16-/m1/s1. The van der Waals surface area contributed by atoms with Crippen LogP contribution < -0.4 is 0 Å². The quantitative estimate of drug-likeness (QED) is 0.714. The van der Waals surface area contributed by atoms with Crippen molar-refractivity contribution in [2.24, 2.45) is 5.92 Å². The molecule has 136 valence electrons. The van der Waals surface area contributed by atoms with Gasteiger partial charge >= 0.3 is 0 Å². The molecule has 3 aromatic rings. The number of ether oxygens (including phenoxy) is 1. The van der Waals surface area contributed by atoms with Gasteiger partial charge in [-0.25, -0.2) is 19.5 Å². The number of hydrogen-bond acceptors (Lipinski definition) is 6. The Labute approximate surface area is 153 Å². The lowest BCUT2D eigenvalue weighted by Gasteiger charge is -2.22. The van der Waals surface area contributed by atoms with E-state index in [1.165, 1.54) is 5.56 Å². The summed E-state index contributed by atoms with van der Waals surface area (Å²) in [5.74, 6) is 0.422. The highest BCUT2D eigenvalue weighted by molar-refractivity contribution is 5.47. The number of rotatable bonds is 4. The predicted molar refractivity (Wildman–Crippen MR) is 97.8 cm³/mol. The Morgan fingerprint density at radius 3 is 3.08 bits per heavy atom. The first-order valence-corrected chi connectivity index (χ1v) is 9.05. The van der Waals surface area contributed by atoms with Gasteiger partial charge in [0.1, 0.15) is 6.33 Å². The molecule has 0 N–H and O–H groups in total. The predicted octanol–water partition coefficient (Wildman–Crippen LogP) is 1.83. The molecular formula is C19H24N6O. The largest absolute Gasteiger partial charge is 0.380 e. The van der Waals surface area contributed by atoms with Crippen LogP contribution >= 0.6 is 0 Å². The Hall–Kier alpha value is -2.38. The van der Waals surface area contributed by atoms with Crippen molar-refractivity contribution < 1.29 is 4.74 Å². The van der Waals surface area contributed by atoms with Gasteiger partial charge in [-0.05, 0) is 32.4 Å². The van der Waals surface area contributed by atoms with Crippen LogP contribution in [0.3, 0.4) is 0 Å². The van der Waals surface area contributed by atoms with Crippen molar-refractivity contribution in [3.8, 4) is 0 Å². The summed E-state index contributed by atoms with van der Waals surface area (Å²) in [6, 6.07) is 4.04. The second-order valence-electron chi connectivity index (χ2n) is 7.03. The number of fused-ring (bicyclic) bond motifs is 1. The first-order valence-electron chi connectivity index (χ1n) is 9.05. The molecule has 1 aliphatic heterocycles. The maximum atomic E-state index is 5.83. The third kappa shape index (κ3) is 3.73. The first-order chi connectivity index (χ1) is 12.7. The van der Waals surface area contributed by atoms with Gasteiger partial charge in [-0.3, -0.25) is 4.90 Å². The summed E-state index contributed by atoms with van der Waals surface area (Å²) < 4.78 is 7.76. The lowest BCUT2D eigenvalue weighted by atomic mass is 10.0. The van der Waals surface area contributed by atoms with Gasteiger partial charge < -0.3 is 4.74 Å². The Balaban J connectivity index is 1.50. The molecule has 0 aliphatic carbocycles. The Kier molecular flexibility index (Phi) is 4.90. The van der Waals surface area contributed by atoms with Crippen LogP contribution in [0, 0.1) is 19.8 Å². The fourth-order valence-corrected chi connectivity index (χ4v) is 3.62. The molecule has 4 heterocycles. The third-order valence-corrected chi connectivity index (χ3v) is 4.81. The molecule has 0 spiro atoms. The molecule has 3 aromatic heterocycles. The number of aryl methyl sites for hydroxylation is 2. The van der Waals surface area contributed by atoms with E-state index in [-0.39, 0.29) is 0 Å². The fraction of sp³-hybridized carbons (Fsp3) is 0.474. The summed E-state index contributed by atoms with van der Waals surface area (Å²) in [6.07, 6.45) is 6.26. The van der Waals surface area contributed by atoms with E-state index in [2.05, 4.69) is 33.0 Å². The summed E-state index contributed by atoms with van der Waals surface area (Å²) in [5, 5.41) is 4.51. The summed E-state index contributed by atoms with van der Waals surface area (Å²) in [7, 11) is 0. The van der Waals surface area contributed by atoms with E-state index in [1.54, 1.807) is 12.5 Å².